The molecule has 4 rings (SSSR count). The van der Waals surface area contributed by atoms with Crippen molar-refractivity contribution in [3.63, 3.8) is 0 Å². The van der Waals surface area contributed by atoms with Crippen LogP contribution in [-0.2, 0) is 0 Å². The molecule has 0 saturated heterocycles. The van der Waals surface area contributed by atoms with Crippen LogP contribution in [0.3, 0.4) is 0 Å². The summed E-state index contributed by atoms with van der Waals surface area (Å²) < 4.78 is 20.7. The maximum Gasteiger partial charge on any atom is 0.315 e. The molecule has 28 heavy (non-hydrogen) atoms. The number of thiazole rings is 1. The molecular weight excluding hydrogens is 377 g/mol. The first-order chi connectivity index (χ1) is 13.6. The summed E-state index contributed by atoms with van der Waals surface area (Å²) in [5, 5.41) is 0. The van der Waals surface area contributed by atoms with Crippen molar-refractivity contribution in [3.8, 4) is 11.5 Å². The van der Waals surface area contributed by atoms with Crippen LogP contribution in [0.25, 0.3) is 16.3 Å². The van der Waals surface area contributed by atoms with Crippen molar-refractivity contribution in [2.24, 2.45) is 0 Å². The van der Waals surface area contributed by atoms with Crippen LogP contribution >= 0.6 is 11.3 Å². The van der Waals surface area contributed by atoms with Crippen LogP contribution in [0.4, 0.5) is 4.39 Å². The minimum atomic E-state index is -0.502. The molecule has 1 aromatic heterocycles. The van der Waals surface area contributed by atoms with E-state index in [9.17, 15) is 14.0 Å². The fourth-order valence-corrected chi connectivity index (χ4v) is 3.67. The summed E-state index contributed by atoms with van der Waals surface area (Å²) in [7, 11) is 0. The Labute approximate surface area is 163 Å². The number of rotatable bonds is 4. The summed E-state index contributed by atoms with van der Waals surface area (Å²) in [4.78, 5) is 24.4. The lowest BCUT2D eigenvalue weighted by Gasteiger charge is -2.08. The second-order valence-corrected chi connectivity index (χ2v) is 6.93. The van der Waals surface area contributed by atoms with E-state index in [0.29, 0.717) is 27.3 Å². The van der Waals surface area contributed by atoms with E-state index in [1.54, 1.807) is 12.1 Å². The minimum absolute atomic E-state index is 0.389. The molecule has 4 nitrogen and oxygen atoms in total. The molecular formula is C22H14FNO3S. The lowest BCUT2D eigenvalue weighted by molar-refractivity contribution is 0.0972. The highest BCUT2D eigenvalue weighted by Crippen LogP contribution is 2.26. The van der Waals surface area contributed by atoms with Crippen molar-refractivity contribution in [1.29, 1.82) is 0 Å². The van der Waals surface area contributed by atoms with Crippen LogP contribution in [0, 0.1) is 5.82 Å². The molecule has 0 amide bonds. The Morgan fingerprint density at radius 2 is 1.75 bits per heavy atom. The Balaban J connectivity index is 1.64. The molecule has 0 fully saturated rings. The van der Waals surface area contributed by atoms with Gasteiger partial charge in [0.15, 0.2) is 0 Å². The Bertz CT molecular complexity index is 1240. The number of fused-ring (bicyclic) bond motifs is 1. The zero-order valence-corrected chi connectivity index (χ0v) is 15.4. The van der Waals surface area contributed by atoms with Crippen molar-refractivity contribution >= 4 is 33.5 Å². The highest BCUT2D eigenvalue weighted by Gasteiger charge is 2.13. The Morgan fingerprint density at radius 1 is 1.00 bits per heavy atom. The van der Waals surface area contributed by atoms with E-state index in [1.165, 1.54) is 24.3 Å². The van der Waals surface area contributed by atoms with E-state index in [2.05, 4.69) is 0 Å². The van der Waals surface area contributed by atoms with Crippen molar-refractivity contribution in [2.75, 3.05) is 0 Å². The number of hydrogen-bond donors (Lipinski definition) is 0. The number of allylic oxidation sites excluding steroid dienone is 1. The molecule has 0 saturated carbocycles. The van der Waals surface area contributed by atoms with Crippen molar-refractivity contribution in [3.05, 3.63) is 99.9 Å². The molecule has 0 spiro atoms. The number of benzene rings is 3. The van der Waals surface area contributed by atoms with Gasteiger partial charge >= 0.3 is 4.87 Å². The van der Waals surface area contributed by atoms with E-state index < -0.39 is 16.6 Å². The highest BCUT2D eigenvalue weighted by atomic mass is 32.1. The maximum absolute atomic E-state index is 13.4. The summed E-state index contributed by atoms with van der Waals surface area (Å²) in [6.45, 7) is 0. The molecule has 138 valence electrons. The third-order valence-corrected chi connectivity index (χ3v) is 4.96. The number of nitrogens with zero attached hydrogens (tertiary/aromatic N) is 1. The van der Waals surface area contributed by atoms with Gasteiger partial charge in [-0.2, -0.15) is 0 Å². The maximum atomic E-state index is 13.4. The first-order valence-corrected chi connectivity index (χ1v) is 9.29. The topological polar surface area (TPSA) is 48.3 Å². The monoisotopic (exact) mass is 391 g/mol. The van der Waals surface area contributed by atoms with E-state index in [0.717, 1.165) is 15.9 Å². The second kappa shape index (κ2) is 7.62. The second-order valence-electron chi connectivity index (χ2n) is 5.94. The molecule has 0 atom stereocenters. The van der Waals surface area contributed by atoms with Gasteiger partial charge in [-0.1, -0.05) is 47.7 Å². The predicted molar refractivity (Wildman–Crippen MR) is 109 cm³/mol. The molecule has 6 heteroatoms. The van der Waals surface area contributed by atoms with Gasteiger partial charge in [-0.05, 0) is 42.5 Å². The molecule has 1 heterocycles. The standard InChI is InChI=1S/C22H14FNO3S/c23-16-11-12-18-20(14-16)28-22(26)24(18)21(25)13-10-15-6-4-5-9-19(15)27-17-7-2-1-3-8-17/h1-14H. The lowest BCUT2D eigenvalue weighted by atomic mass is 10.2. The summed E-state index contributed by atoms with van der Waals surface area (Å²) in [6, 6.07) is 20.5. The number of halogens is 1. The number of ether oxygens (including phenoxy) is 1. The summed E-state index contributed by atoms with van der Waals surface area (Å²) >= 11 is 0.836. The fraction of sp³-hybridized carbons (Fsp3) is 0. The van der Waals surface area contributed by atoms with Crippen LogP contribution in [0.5, 0.6) is 11.5 Å². The largest absolute Gasteiger partial charge is 0.457 e. The smallest absolute Gasteiger partial charge is 0.315 e. The molecule has 4 aromatic rings. The normalized spacial score (nSPS) is 11.2. The van der Waals surface area contributed by atoms with Crippen LogP contribution in [0.15, 0.2) is 83.7 Å². The highest BCUT2D eigenvalue weighted by molar-refractivity contribution is 7.16. The SMILES string of the molecule is O=C(C=Cc1ccccc1Oc1ccccc1)n1c(=O)sc2cc(F)ccc21. The number of hydrogen-bond acceptors (Lipinski definition) is 4. The molecule has 0 N–H and O–H groups in total. The predicted octanol–water partition coefficient (Wildman–Crippen LogP) is 5.35. The summed E-state index contributed by atoms with van der Waals surface area (Å²) in [5.41, 5.74) is 1.08. The van der Waals surface area contributed by atoms with Gasteiger partial charge in [-0.25, -0.2) is 8.96 Å². The van der Waals surface area contributed by atoms with Crippen LogP contribution in [0.1, 0.15) is 10.4 Å². The first kappa shape index (κ1) is 17.9. The molecule has 0 aliphatic rings. The number of carbonyl (C=O) groups is 1. The summed E-state index contributed by atoms with van der Waals surface area (Å²) in [6.07, 6.45) is 2.91. The van der Waals surface area contributed by atoms with E-state index in [-0.39, 0.29) is 0 Å². The zero-order chi connectivity index (χ0) is 19.5. The number of aromatic nitrogens is 1. The Hall–Kier alpha value is -3.51. The molecule has 3 aromatic carbocycles. The van der Waals surface area contributed by atoms with Crippen molar-refractivity contribution in [1.82, 2.24) is 4.57 Å². The summed E-state index contributed by atoms with van der Waals surface area (Å²) in [5.74, 6) is 0.312. The van der Waals surface area contributed by atoms with Gasteiger partial charge in [0.1, 0.15) is 17.3 Å². The number of carbonyl (C=O) groups excluding carboxylic acids is 1. The lowest BCUT2D eigenvalue weighted by Crippen LogP contribution is -2.19. The molecule has 0 bridgehead atoms. The van der Waals surface area contributed by atoms with Crippen LogP contribution in [0.2, 0.25) is 0 Å². The van der Waals surface area contributed by atoms with Gasteiger partial charge < -0.3 is 4.74 Å². The first-order valence-electron chi connectivity index (χ1n) is 8.47. The number of para-hydroxylation sites is 2. The molecule has 0 aliphatic heterocycles. The Kier molecular flexibility index (Phi) is 4.87. The van der Waals surface area contributed by atoms with E-state index in [1.807, 2.05) is 48.5 Å². The van der Waals surface area contributed by atoms with Crippen molar-refractivity contribution in [2.45, 2.75) is 0 Å². The molecule has 0 radical (unpaired) electrons. The fourth-order valence-electron chi connectivity index (χ4n) is 2.76. The van der Waals surface area contributed by atoms with Gasteiger partial charge in [0.2, 0.25) is 0 Å². The van der Waals surface area contributed by atoms with Gasteiger partial charge in [0, 0.05) is 11.6 Å². The van der Waals surface area contributed by atoms with Gasteiger partial charge in [-0.15, -0.1) is 0 Å². The van der Waals surface area contributed by atoms with E-state index in [4.69, 9.17) is 4.74 Å². The van der Waals surface area contributed by atoms with Gasteiger partial charge in [0.25, 0.3) is 5.91 Å². The third-order valence-electron chi connectivity index (χ3n) is 4.06. The molecule has 0 aliphatic carbocycles. The van der Waals surface area contributed by atoms with Gasteiger partial charge in [0.05, 0.1) is 10.2 Å². The average molecular weight is 391 g/mol. The van der Waals surface area contributed by atoms with Gasteiger partial charge in [-0.3, -0.25) is 9.59 Å². The minimum Gasteiger partial charge on any atom is -0.457 e. The van der Waals surface area contributed by atoms with Crippen LogP contribution in [-0.4, -0.2) is 10.5 Å². The van der Waals surface area contributed by atoms with E-state index >= 15 is 0 Å². The Morgan fingerprint density at radius 3 is 2.57 bits per heavy atom. The zero-order valence-electron chi connectivity index (χ0n) is 14.5. The average Bonchev–Trinajstić information content (AvgIpc) is 3.02. The van der Waals surface area contributed by atoms with Crippen LogP contribution < -0.4 is 9.61 Å². The third kappa shape index (κ3) is 3.63. The quantitative estimate of drug-likeness (QED) is 0.441. The van der Waals surface area contributed by atoms with Crippen molar-refractivity contribution < 1.29 is 13.9 Å². The molecule has 0 unspecified atom stereocenters.